The van der Waals surface area contributed by atoms with Gasteiger partial charge in [-0.2, -0.15) is 11.3 Å². The first-order valence-corrected chi connectivity index (χ1v) is 7.16. The van der Waals surface area contributed by atoms with Crippen LogP contribution in [0.25, 0.3) is 0 Å². The molecule has 1 aromatic rings. The van der Waals surface area contributed by atoms with E-state index in [2.05, 4.69) is 49.8 Å². The predicted octanol–water partition coefficient (Wildman–Crippen LogP) is 4.10. The van der Waals surface area contributed by atoms with Crippen molar-refractivity contribution in [2.45, 2.75) is 53.0 Å². The Kier molecular flexibility index (Phi) is 5.50. The Morgan fingerprint density at radius 2 is 2.12 bits per heavy atom. The summed E-state index contributed by atoms with van der Waals surface area (Å²) in [6.07, 6.45) is 3.72. The van der Waals surface area contributed by atoms with E-state index in [0.29, 0.717) is 11.5 Å². The molecule has 0 bridgehead atoms. The zero-order valence-corrected chi connectivity index (χ0v) is 11.9. The van der Waals surface area contributed by atoms with E-state index < -0.39 is 0 Å². The number of thiophene rings is 1. The molecule has 1 N–H and O–H groups in total. The van der Waals surface area contributed by atoms with Crippen molar-refractivity contribution in [3.05, 3.63) is 22.4 Å². The topological polar surface area (TPSA) is 12.0 Å². The van der Waals surface area contributed by atoms with Gasteiger partial charge in [-0.25, -0.2) is 0 Å². The van der Waals surface area contributed by atoms with E-state index in [1.165, 1.54) is 18.4 Å². The second-order valence-corrected chi connectivity index (χ2v) is 6.64. The van der Waals surface area contributed by atoms with Gasteiger partial charge in [-0.3, -0.25) is 0 Å². The van der Waals surface area contributed by atoms with E-state index in [1.54, 1.807) is 11.3 Å². The van der Waals surface area contributed by atoms with Gasteiger partial charge in [-0.1, -0.05) is 20.8 Å². The second kappa shape index (κ2) is 6.41. The van der Waals surface area contributed by atoms with E-state index in [1.807, 2.05) is 0 Å². The van der Waals surface area contributed by atoms with Gasteiger partial charge in [0.25, 0.3) is 0 Å². The summed E-state index contributed by atoms with van der Waals surface area (Å²) in [5.74, 6) is 0. The van der Waals surface area contributed by atoms with Crippen molar-refractivity contribution in [1.29, 1.82) is 0 Å². The summed E-state index contributed by atoms with van der Waals surface area (Å²) in [5, 5.41) is 8.00. The van der Waals surface area contributed by atoms with Crippen LogP contribution in [-0.2, 0) is 6.42 Å². The van der Waals surface area contributed by atoms with Crippen LogP contribution in [0.3, 0.4) is 0 Å². The number of hydrogen-bond donors (Lipinski definition) is 1. The van der Waals surface area contributed by atoms with Crippen molar-refractivity contribution in [1.82, 2.24) is 5.32 Å². The summed E-state index contributed by atoms with van der Waals surface area (Å²) >= 11 is 1.79. The second-order valence-electron chi connectivity index (χ2n) is 5.86. The number of nitrogens with one attached hydrogen (secondary N) is 1. The molecule has 1 aromatic heterocycles. The van der Waals surface area contributed by atoms with Crippen LogP contribution in [0, 0.1) is 5.41 Å². The first-order chi connectivity index (χ1) is 7.47. The smallest absolute Gasteiger partial charge is 0.00794 e. The molecule has 0 aliphatic rings. The van der Waals surface area contributed by atoms with Crippen LogP contribution in [0.1, 0.15) is 46.1 Å². The van der Waals surface area contributed by atoms with Crippen LogP contribution in [0.5, 0.6) is 0 Å². The highest BCUT2D eigenvalue weighted by Crippen LogP contribution is 2.19. The summed E-state index contributed by atoms with van der Waals surface area (Å²) in [6, 6.07) is 2.81. The molecule has 0 saturated carbocycles. The van der Waals surface area contributed by atoms with Crippen molar-refractivity contribution in [3.8, 4) is 0 Å². The minimum Gasteiger partial charge on any atom is -0.314 e. The molecule has 16 heavy (non-hydrogen) atoms. The highest BCUT2D eigenvalue weighted by atomic mass is 32.1. The first-order valence-electron chi connectivity index (χ1n) is 6.22. The molecule has 2 heteroatoms. The molecule has 1 atom stereocenters. The standard InChI is InChI=1S/C14H25NS/c1-12(10-13-6-9-16-11-13)15-8-5-7-14(2,3)4/h6,9,11-12,15H,5,7-8,10H2,1-4H3. The van der Waals surface area contributed by atoms with Crippen LogP contribution >= 0.6 is 11.3 Å². The third-order valence-electron chi connectivity index (χ3n) is 2.72. The fourth-order valence-electron chi connectivity index (χ4n) is 1.80. The van der Waals surface area contributed by atoms with Gasteiger partial charge in [-0.05, 0) is 60.5 Å². The zero-order valence-electron chi connectivity index (χ0n) is 11.0. The summed E-state index contributed by atoms with van der Waals surface area (Å²) < 4.78 is 0. The Morgan fingerprint density at radius 3 is 2.69 bits per heavy atom. The van der Waals surface area contributed by atoms with E-state index in [-0.39, 0.29) is 0 Å². The molecule has 1 rings (SSSR count). The Morgan fingerprint density at radius 1 is 1.38 bits per heavy atom. The average molecular weight is 239 g/mol. The molecule has 0 amide bonds. The van der Waals surface area contributed by atoms with Crippen LogP contribution < -0.4 is 5.32 Å². The van der Waals surface area contributed by atoms with Gasteiger partial charge in [0.1, 0.15) is 0 Å². The van der Waals surface area contributed by atoms with Crippen LogP contribution in [0.4, 0.5) is 0 Å². The normalized spacial score (nSPS) is 14.0. The molecule has 0 saturated heterocycles. The highest BCUT2D eigenvalue weighted by Gasteiger charge is 2.09. The quantitative estimate of drug-likeness (QED) is 0.737. The van der Waals surface area contributed by atoms with Crippen molar-refractivity contribution in [3.63, 3.8) is 0 Å². The van der Waals surface area contributed by atoms with E-state index in [4.69, 9.17) is 0 Å². The first kappa shape index (κ1) is 13.7. The Balaban J connectivity index is 2.09. The van der Waals surface area contributed by atoms with Crippen molar-refractivity contribution >= 4 is 11.3 Å². The van der Waals surface area contributed by atoms with Gasteiger partial charge >= 0.3 is 0 Å². The van der Waals surface area contributed by atoms with Gasteiger partial charge < -0.3 is 5.32 Å². The van der Waals surface area contributed by atoms with Gasteiger partial charge in [0.05, 0.1) is 0 Å². The maximum Gasteiger partial charge on any atom is 0.00794 e. The molecule has 0 aromatic carbocycles. The Hall–Kier alpha value is -0.340. The maximum atomic E-state index is 3.60. The Labute approximate surface area is 104 Å². The fourth-order valence-corrected chi connectivity index (χ4v) is 2.48. The molecule has 1 heterocycles. The van der Waals surface area contributed by atoms with E-state index >= 15 is 0 Å². The third-order valence-corrected chi connectivity index (χ3v) is 3.45. The lowest BCUT2D eigenvalue weighted by Gasteiger charge is -2.19. The lowest BCUT2D eigenvalue weighted by Crippen LogP contribution is -2.29. The average Bonchev–Trinajstić information content (AvgIpc) is 2.63. The predicted molar refractivity (Wildman–Crippen MR) is 74.2 cm³/mol. The summed E-state index contributed by atoms with van der Waals surface area (Å²) in [6.45, 7) is 10.3. The molecular weight excluding hydrogens is 214 g/mol. The lowest BCUT2D eigenvalue weighted by molar-refractivity contribution is 0.356. The lowest BCUT2D eigenvalue weighted by atomic mass is 9.90. The van der Waals surface area contributed by atoms with Crippen LogP contribution in [-0.4, -0.2) is 12.6 Å². The molecule has 0 aliphatic carbocycles. The number of rotatable bonds is 6. The highest BCUT2D eigenvalue weighted by molar-refractivity contribution is 7.07. The molecule has 0 fully saturated rings. The number of hydrogen-bond acceptors (Lipinski definition) is 2. The van der Waals surface area contributed by atoms with Crippen LogP contribution in [0.2, 0.25) is 0 Å². The molecule has 0 aliphatic heterocycles. The summed E-state index contributed by atoms with van der Waals surface area (Å²) in [4.78, 5) is 0. The molecule has 0 radical (unpaired) electrons. The molecular formula is C14H25NS. The van der Waals surface area contributed by atoms with Gasteiger partial charge in [0, 0.05) is 6.04 Å². The van der Waals surface area contributed by atoms with E-state index in [9.17, 15) is 0 Å². The third kappa shape index (κ3) is 6.29. The minimum absolute atomic E-state index is 0.471. The van der Waals surface area contributed by atoms with Crippen molar-refractivity contribution in [2.24, 2.45) is 5.41 Å². The van der Waals surface area contributed by atoms with E-state index in [0.717, 1.165) is 13.0 Å². The fraction of sp³-hybridized carbons (Fsp3) is 0.714. The van der Waals surface area contributed by atoms with Crippen molar-refractivity contribution in [2.75, 3.05) is 6.54 Å². The largest absolute Gasteiger partial charge is 0.314 e. The van der Waals surface area contributed by atoms with Crippen molar-refractivity contribution < 1.29 is 0 Å². The van der Waals surface area contributed by atoms with Gasteiger partial charge in [0.15, 0.2) is 0 Å². The SMILES string of the molecule is CC(Cc1ccsc1)NCCCC(C)(C)C. The molecule has 0 spiro atoms. The monoisotopic (exact) mass is 239 g/mol. The molecule has 1 unspecified atom stereocenters. The van der Waals surface area contributed by atoms with Crippen LogP contribution in [0.15, 0.2) is 16.8 Å². The maximum absolute atomic E-state index is 3.60. The minimum atomic E-state index is 0.471. The van der Waals surface area contributed by atoms with Gasteiger partial charge in [0.2, 0.25) is 0 Å². The Bertz CT molecular complexity index is 271. The zero-order chi connectivity index (χ0) is 12.0. The molecule has 1 nitrogen and oxygen atoms in total. The summed E-state index contributed by atoms with van der Waals surface area (Å²) in [7, 11) is 0. The van der Waals surface area contributed by atoms with Gasteiger partial charge in [-0.15, -0.1) is 0 Å². The summed E-state index contributed by atoms with van der Waals surface area (Å²) in [5.41, 5.74) is 1.93. The molecule has 92 valence electrons.